The number of fused-ring (bicyclic) bond motifs is 1. The number of H-pyrrole nitrogens is 1. The zero-order valence-electron chi connectivity index (χ0n) is 13.8. The van der Waals surface area contributed by atoms with Crippen molar-refractivity contribution in [1.29, 1.82) is 0 Å². The molecule has 126 valence electrons. The molecule has 1 aromatic heterocycles. The van der Waals surface area contributed by atoms with Crippen LogP contribution in [0.25, 0.3) is 22.2 Å². The normalized spacial score (nSPS) is 10.8. The summed E-state index contributed by atoms with van der Waals surface area (Å²) in [6, 6.07) is 23.4. The molecule has 4 heteroatoms. The van der Waals surface area contributed by atoms with E-state index in [9.17, 15) is 14.7 Å². The lowest BCUT2D eigenvalue weighted by Gasteiger charge is -2.09. The molecule has 0 saturated heterocycles. The molecule has 4 nitrogen and oxygen atoms in total. The Hall–Kier alpha value is -3.66. The number of aromatic nitrogens is 1. The molecule has 2 N–H and O–H groups in total. The van der Waals surface area contributed by atoms with E-state index < -0.39 is 5.97 Å². The third-order valence-electron chi connectivity index (χ3n) is 4.39. The molecule has 0 bridgehead atoms. The third kappa shape index (κ3) is 2.67. The van der Waals surface area contributed by atoms with Crippen LogP contribution >= 0.6 is 0 Å². The Morgan fingerprint density at radius 1 is 0.731 bits per heavy atom. The van der Waals surface area contributed by atoms with Gasteiger partial charge in [-0.05, 0) is 18.2 Å². The summed E-state index contributed by atoms with van der Waals surface area (Å²) < 4.78 is 0. The van der Waals surface area contributed by atoms with Crippen LogP contribution in [0.4, 0.5) is 0 Å². The minimum Gasteiger partial charge on any atom is -0.478 e. The van der Waals surface area contributed by atoms with Gasteiger partial charge in [-0.2, -0.15) is 0 Å². The van der Waals surface area contributed by atoms with Gasteiger partial charge < -0.3 is 10.1 Å². The minimum atomic E-state index is -1.11. The van der Waals surface area contributed by atoms with Crippen molar-refractivity contribution < 1.29 is 14.7 Å². The Kier molecular flexibility index (Phi) is 3.86. The highest BCUT2D eigenvalue weighted by molar-refractivity contribution is 6.17. The maximum atomic E-state index is 13.1. The van der Waals surface area contributed by atoms with E-state index in [2.05, 4.69) is 4.98 Å². The highest BCUT2D eigenvalue weighted by atomic mass is 16.4. The van der Waals surface area contributed by atoms with Gasteiger partial charge in [0.1, 0.15) is 0 Å². The molecule has 0 spiro atoms. The van der Waals surface area contributed by atoms with Crippen LogP contribution in [0.1, 0.15) is 26.3 Å². The second-order valence-corrected chi connectivity index (χ2v) is 6.00. The number of hydrogen-bond acceptors (Lipinski definition) is 2. The summed E-state index contributed by atoms with van der Waals surface area (Å²) in [4.78, 5) is 27.9. The first-order valence-electron chi connectivity index (χ1n) is 8.19. The Labute approximate surface area is 149 Å². The van der Waals surface area contributed by atoms with E-state index in [1.165, 1.54) is 6.07 Å². The third-order valence-corrected chi connectivity index (χ3v) is 4.39. The summed E-state index contributed by atoms with van der Waals surface area (Å²) in [7, 11) is 0. The Balaban J connectivity index is 1.86. The number of ketones is 1. The van der Waals surface area contributed by atoms with Crippen LogP contribution in [0.3, 0.4) is 0 Å². The average molecular weight is 341 g/mol. The zero-order valence-corrected chi connectivity index (χ0v) is 13.8. The lowest BCUT2D eigenvalue weighted by molar-refractivity contribution is 0.0693. The molecule has 0 aliphatic heterocycles. The highest BCUT2D eigenvalue weighted by Crippen LogP contribution is 2.29. The van der Waals surface area contributed by atoms with Crippen molar-refractivity contribution in [2.75, 3.05) is 0 Å². The maximum absolute atomic E-state index is 13.1. The molecule has 0 fully saturated rings. The molecule has 4 aromatic rings. The second kappa shape index (κ2) is 6.33. The summed E-state index contributed by atoms with van der Waals surface area (Å²) in [5, 5.41) is 10.4. The predicted molar refractivity (Wildman–Crippen MR) is 101 cm³/mol. The number of carbonyl (C=O) groups excluding carboxylic acids is 1. The van der Waals surface area contributed by atoms with Crippen molar-refractivity contribution in [3.05, 3.63) is 95.6 Å². The lowest BCUT2D eigenvalue weighted by Crippen LogP contribution is -2.10. The molecule has 0 amide bonds. The summed E-state index contributed by atoms with van der Waals surface area (Å²) >= 11 is 0. The summed E-state index contributed by atoms with van der Waals surface area (Å²) in [6.07, 6.45) is 0. The highest BCUT2D eigenvalue weighted by Gasteiger charge is 2.20. The van der Waals surface area contributed by atoms with Gasteiger partial charge in [-0.3, -0.25) is 4.79 Å². The van der Waals surface area contributed by atoms with Crippen molar-refractivity contribution in [3.63, 3.8) is 0 Å². The van der Waals surface area contributed by atoms with Gasteiger partial charge in [-0.1, -0.05) is 60.7 Å². The number of carbonyl (C=O) groups is 2. The second-order valence-electron chi connectivity index (χ2n) is 6.00. The van der Waals surface area contributed by atoms with Gasteiger partial charge in [-0.15, -0.1) is 0 Å². The van der Waals surface area contributed by atoms with Crippen molar-refractivity contribution in [1.82, 2.24) is 4.98 Å². The van der Waals surface area contributed by atoms with Crippen LogP contribution < -0.4 is 0 Å². The van der Waals surface area contributed by atoms with E-state index in [0.717, 1.165) is 22.2 Å². The number of carboxylic acid groups (broad SMARTS) is 1. The van der Waals surface area contributed by atoms with Crippen LogP contribution in [-0.4, -0.2) is 21.8 Å². The molecule has 26 heavy (non-hydrogen) atoms. The van der Waals surface area contributed by atoms with E-state index in [0.29, 0.717) is 5.56 Å². The van der Waals surface area contributed by atoms with E-state index in [-0.39, 0.29) is 16.9 Å². The van der Waals surface area contributed by atoms with E-state index in [1.807, 2.05) is 42.5 Å². The molecule has 4 rings (SSSR count). The molecule has 0 aliphatic rings. The summed E-state index contributed by atoms with van der Waals surface area (Å²) in [6.45, 7) is 0. The fourth-order valence-electron chi connectivity index (χ4n) is 3.15. The fraction of sp³-hybridized carbons (Fsp3) is 0. The molecular weight excluding hydrogens is 326 g/mol. The number of aromatic amines is 1. The van der Waals surface area contributed by atoms with Crippen molar-refractivity contribution in [2.24, 2.45) is 0 Å². The number of rotatable bonds is 4. The van der Waals surface area contributed by atoms with E-state index in [1.54, 1.807) is 30.3 Å². The molecule has 1 heterocycles. The number of nitrogens with one attached hydrogen (secondary N) is 1. The first-order valence-corrected chi connectivity index (χ1v) is 8.19. The minimum absolute atomic E-state index is 0.00366. The zero-order chi connectivity index (χ0) is 18.1. The first-order chi connectivity index (χ1) is 12.6. The van der Waals surface area contributed by atoms with Crippen LogP contribution in [0.15, 0.2) is 78.9 Å². The average Bonchev–Trinajstić information content (AvgIpc) is 3.11. The van der Waals surface area contributed by atoms with E-state index >= 15 is 0 Å². The molecule has 0 aliphatic carbocycles. The van der Waals surface area contributed by atoms with Crippen molar-refractivity contribution in [2.45, 2.75) is 0 Å². The van der Waals surface area contributed by atoms with Crippen LogP contribution in [0.5, 0.6) is 0 Å². The SMILES string of the molecule is O=C(O)c1ccccc1C(=O)c1ccccc1-c1cc2ccccc2[nH]1. The maximum Gasteiger partial charge on any atom is 0.336 e. The smallest absolute Gasteiger partial charge is 0.336 e. The van der Waals surface area contributed by atoms with Crippen molar-refractivity contribution in [3.8, 4) is 11.3 Å². The summed E-state index contributed by atoms with van der Waals surface area (Å²) in [5.41, 5.74) is 3.20. The van der Waals surface area contributed by atoms with Crippen LogP contribution in [0.2, 0.25) is 0 Å². The molecule has 0 atom stereocenters. The number of benzene rings is 3. The topological polar surface area (TPSA) is 70.2 Å². The fourth-order valence-corrected chi connectivity index (χ4v) is 3.15. The standard InChI is InChI=1S/C22H15NO3/c24-21(17-10-4-5-11-18(17)22(25)26)16-9-3-2-8-15(16)20-13-14-7-1-6-12-19(14)23-20/h1-13,23H,(H,25,26). The molecule has 3 aromatic carbocycles. The van der Waals surface area contributed by atoms with Gasteiger partial charge in [0.05, 0.1) is 5.56 Å². The number of hydrogen-bond donors (Lipinski definition) is 2. The Morgan fingerprint density at radius 3 is 2.08 bits per heavy atom. The van der Waals surface area contributed by atoms with Gasteiger partial charge in [-0.25, -0.2) is 4.79 Å². The largest absolute Gasteiger partial charge is 0.478 e. The number of aromatic carboxylic acids is 1. The van der Waals surface area contributed by atoms with Gasteiger partial charge in [0.15, 0.2) is 5.78 Å². The van der Waals surface area contributed by atoms with Gasteiger partial charge >= 0.3 is 5.97 Å². The molecular formula is C22H15NO3. The molecule has 0 radical (unpaired) electrons. The Morgan fingerprint density at radius 2 is 1.35 bits per heavy atom. The quantitative estimate of drug-likeness (QED) is 0.526. The van der Waals surface area contributed by atoms with Gasteiger partial charge in [0.2, 0.25) is 0 Å². The molecule has 0 saturated carbocycles. The van der Waals surface area contributed by atoms with Crippen LogP contribution in [-0.2, 0) is 0 Å². The number of para-hydroxylation sites is 1. The van der Waals surface area contributed by atoms with Crippen LogP contribution in [0, 0.1) is 0 Å². The number of carboxylic acids is 1. The first kappa shape index (κ1) is 15.8. The van der Waals surface area contributed by atoms with Gasteiger partial charge in [0.25, 0.3) is 0 Å². The Bertz CT molecular complexity index is 1110. The van der Waals surface area contributed by atoms with Crippen molar-refractivity contribution >= 4 is 22.7 Å². The lowest BCUT2D eigenvalue weighted by atomic mass is 9.94. The molecule has 0 unspecified atom stereocenters. The van der Waals surface area contributed by atoms with Gasteiger partial charge in [0, 0.05) is 33.3 Å². The predicted octanol–water partition coefficient (Wildman–Crippen LogP) is 4.76. The summed E-state index contributed by atoms with van der Waals surface area (Å²) in [5.74, 6) is -1.42. The van der Waals surface area contributed by atoms with E-state index in [4.69, 9.17) is 0 Å². The monoisotopic (exact) mass is 341 g/mol.